The van der Waals surface area contributed by atoms with E-state index in [0.29, 0.717) is 5.92 Å². The first-order valence-electron chi connectivity index (χ1n) is 4.58. The van der Waals surface area contributed by atoms with Crippen LogP contribution in [0.4, 0.5) is 4.39 Å². The van der Waals surface area contributed by atoms with Crippen molar-refractivity contribution in [3.63, 3.8) is 0 Å². The fraction of sp³-hybridized carbons (Fsp3) is 0.800. The Morgan fingerprint density at radius 2 is 2.08 bits per heavy atom. The van der Waals surface area contributed by atoms with Gasteiger partial charge in [-0.25, -0.2) is 4.39 Å². The zero-order chi connectivity index (χ0) is 9.30. The van der Waals surface area contributed by atoms with E-state index in [9.17, 15) is 4.39 Å². The van der Waals surface area contributed by atoms with Crippen molar-refractivity contribution in [3.8, 4) is 0 Å². The maximum atomic E-state index is 13.1. The van der Waals surface area contributed by atoms with Crippen molar-refractivity contribution < 1.29 is 4.39 Å². The van der Waals surface area contributed by atoms with E-state index in [0.717, 1.165) is 6.54 Å². The molecule has 0 aromatic rings. The van der Waals surface area contributed by atoms with Crippen molar-refractivity contribution in [1.82, 2.24) is 4.90 Å². The van der Waals surface area contributed by atoms with Crippen LogP contribution in [0.15, 0.2) is 11.8 Å². The van der Waals surface area contributed by atoms with Crippen molar-refractivity contribution >= 4 is 0 Å². The Kier molecular flexibility index (Phi) is 2.76. The Balaban J connectivity index is 2.73. The van der Waals surface area contributed by atoms with E-state index >= 15 is 0 Å². The lowest BCUT2D eigenvalue weighted by atomic mass is 9.90. The summed E-state index contributed by atoms with van der Waals surface area (Å²) in [4.78, 5) is 2.08. The average Bonchev–Trinajstić information content (AvgIpc) is 2.31. The minimum Gasteiger partial charge on any atom is -0.380 e. The van der Waals surface area contributed by atoms with Crippen LogP contribution in [0.2, 0.25) is 0 Å². The molecule has 2 atom stereocenters. The molecule has 0 spiro atoms. The highest BCUT2D eigenvalue weighted by Gasteiger charge is 2.28. The van der Waals surface area contributed by atoms with Gasteiger partial charge in [0.1, 0.15) is 6.17 Å². The highest BCUT2D eigenvalue weighted by Crippen LogP contribution is 2.30. The number of nitrogens with zero attached hydrogens (tertiary/aromatic N) is 1. The van der Waals surface area contributed by atoms with Crippen LogP contribution in [0.1, 0.15) is 20.8 Å². The van der Waals surface area contributed by atoms with E-state index in [1.807, 2.05) is 7.05 Å². The Hall–Kier alpha value is -0.530. The van der Waals surface area contributed by atoms with Crippen LogP contribution in [-0.4, -0.2) is 24.7 Å². The SMILES string of the molecule is CC(C)C1=CN(C)CC1C(C)F. The lowest BCUT2D eigenvalue weighted by Gasteiger charge is -2.18. The van der Waals surface area contributed by atoms with Gasteiger partial charge in [0, 0.05) is 19.5 Å². The molecule has 1 rings (SSSR count). The van der Waals surface area contributed by atoms with Crippen LogP contribution >= 0.6 is 0 Å². The van der Waals surface area contributed by atoms with Crippen LogP contribution < -0.4 is 0 Å². The standard InChI is InChI=1S/C10H18FN/c1-7(2)9-5-12(4)6-10(9)8(3)11/h5,7-8,10H,6H2,1-4H3. The normalized spacial score (nSPS) is 26.3. The summed E-state index contributed by atoms with van der Waals surface area (Å²) >= 11 is 0. The average molecular weight is 171 g/mol. The number of hydrogen-bond donors (Lipinski definition) is 0. The van der Waals surface area contributed by atoms with Gasteiger partial charge in [0.25, 0.3) is 0 Å². The fourth-order valence-corrected chi connectivity index (χ4v) is 1.81. The summed E-state index contributed by atoms with van der Waals surface area (Å²) in [7, 11) is 2.00. The lowest BCUT2D eigenvalue weighted by molar-refractivity contribution is 0.252. The minimum absolute atomic E-state index is 0.120. The van der Waals surface area contributed by atoms with Crippen molar-refractivity contribution in [2.24, 2.45) is 11.8 Å². The van der Waals surface area contributed by atoms with Gasteiger partial charge in [0.05, 0.1) is 0 Å². The number of alkyl halides is 1. The summed E-state index contributed by atoms with van der Waals surface area (Å²) in [5, 5.41) is 0. The van der Waals surface area contributed by atoms with E-state index in [1.165, 1.54) is 5.57 Å². The predicted octanol–water partition coefficient (Wildman–Crippen LogP) is 2.45. The summed E-state index contributed by atoms with van der Waals surface area (Å²) in [5.74, 6) is 0.591. The van der Waals surface area contributed by atoms with Gasteiger partial charge in [0.15, 0.2) is 0 Å². The zero-order valence-electron chi connectivity index (χ0n) is 8.34. The predicted molar refractivity (Wildman–Crippen MR) is 49.6 cm³/mol. The van der Waals surface area contributed by atoms with E-state index < -0.39 is 6.17 Å². The van der Waals surface area contributed by atoms with Gasteiger partial charge in [0.2, 0.25) is 0 Å². The molecule has 0 aromatic heterocycles. The van der Waals surface area contributed by atoms with Gasteiger partial charge in [-0.05, 0) is 24.6 Å². The molecule has 0 aromatic carbocycles. The monoisotopic (exact) mass is 171 g/mol. The molecule has 2 unspecified atom stereocenters. The van der Waals surface area contributed by atoms with Gasteiger partial charge < -0.3 is 4.90 Å². The third-order valence-electron chi connectivity index (χ3n) is 2.50. The molecule has 70 valence electrons. The second-order valence-electron chi connectivity index (χ2n) is 4.01. The smallest absolute Gasteiger partial charge is 0.106 e. The lowest BCUT2D eigenvalue weighted by Crippen LogP contribution is -2.22. The Labute approximate surface area is 74.3 Å². The first kappa shape index (κ1) is 9.56. The first-order chi connectivity index (χ1) is 5.52. The molecule has 0 radical (unpaired) electrons. The summed E-state index contributed by atoms with van der Waals surface area (Å²) < 4.78 is 13.1. The molecule has 1 aliphatic rings. The number of halogens is 1. The molecule has 1 nitrogen and oxygen atoms in total. The molecule has 1 heterocycles. The maximum Gasteiger partial charge on any atom is 0.106 e. The summed E-state index contributed by atoms with van der Waals surface area (Å²) in [5.41, 5.74) is 1.26. The van der Waals surface area contributed by atoms with Gasteiger partial charge in [-0.1, -0.05) is 13.8 Å². The molecular formula is C10H18FN. The quantitative estimate of drug-likeness (QED) is 0.617. The highest BCUT2D eigenvalue weighted by molar-refractivity contribution is 5.16. The van der Waals surface area contributed by atoms with Crippen LogP contribution in [0, 0.1) is 11.8 Å². The third kappa shape index (κ3) is 1.79. The van der Waals surface area contributed by atoms with Crippen LogP contribution in [-0.2, 0) is 0 Å². The largest absolute Gasteiger partial charge is 0.380 e. The van der Waals surface area contributed by atoms with Gasteiger partial charge >= 0.3 is 0 Å². The summed E-state index contributed by atoms with van der Waals surface area (Å²) in [6.07, 6.45) is 1.37. The second-order valence-corrected chi connectivity index (χ2v) is 4.01. The maximum absolute atomic E-state index is 13.1. The molecule has 0 fully saturated rings. The van der Waals surface area contributed by atoms with Crippen molar-refractivity contribution in [2.75, 3.05) is 13.6 Å². The Morgan fingerprint density at radius 3 is 2.42 bits per heavy atom. The van der Waals surface area contributed by atoms with Crippen molar-refractivity contribution in [3.05, 3.63) is 11.8 Å². The molecule has 0 saturated carbocycles. The summed E-state index contributed by atoms with van der Waals surface area (Å²) in [6, 6.07) is 0. The van der Waals surface area contributed by atoms with Gasteiger partial charge in [-0.2, -0.15) is 0 Å². The van der Waals surface area contributed by atoms with E-state index in [4.69, 9.17) is 0 Å². The molecule has 12 heavy (non-hydrogen) atoms. The molecule has 0 bridgehead atoms. The third-order valence-corrected chi connectivity index (χ3v) is 2.50. The molecule has 2 heteroatoms. The first-order valence-corrected chi connectivity index (χ1v) is 4.58. The molecule has 0 amide bonds. The van der Waals surface area contributed by atoms with E-state index in [1.54, 1.807) is 6.92 Å². The van der Waals surface area contributed by atoms with Crippen molar-refractivity contribution in [1.29, 1.82) is 0 Å². The number of hydrogen-bond acceptors (Lipinski definition) is 1. The number of rotatable bonds is 2. The van der Waals surface area contributed by atoms with E-state index in [2.05, 4.69) is 24.9 Å². The second kappa shape index (κ2) is 3.46. The molecule has 1 aliphatic heterocycles. The Bertz CT molecular complexity index is 184. The summed E-state index contributed by atoms with van der Waals surface area (Å²) in [6.45, 7) is 6.74. The topological polar surface area (TPSA) is 3.24 Å². The molecular weight excluding hydrogens is 153 g/mol. The minimum atomic E-state index is -0.719. The molecule has 0 aliphatic carbocycles. The van der Waals surface area contributed by atoms with Gasteiger partial charge in [-0.15, -0.1) is 0 Å². The zero-order valence-corrected chi connectivity index (χ0v) is 8.34. The van der Waals surface area contributed by atoms with Gasteiger partial charge in [-0.3, -0.25) is 0 Å². The fourth-order valence-electron chi connectivity index (χ4n) is 1.81. The van der Waals surface area contributed by atoms with E-state index in [-0.39, 0.29) is 5.92 Å². The molecule has 0 saturated heterocycles. The van der Waals surface area contributed by atoms with Crippen molar-refractivity contribution in [2.45, 2.75) is 26.9 Å². The van der Waals surface area contributed by atoms with Crippen LogP contribution in [0.5, 0.6) is 0 Å². The molecule has 0 N–H and O–H groups in total. The highest BCUT2D eigenvalue weighted by atomic mass is 19.1. The van der Waals surface area contributed by atoms with Crippen LogP contribution in [0.3, 0.4) is 0 Å². The Morgan fingerprint density at radius 1 is 1.50 bits per heavy atom. The van der Waals surface area contributed by atoms with Crippen LogP contribution in [0.25, 0.3) is 0 Å².